The van der Waals surface area contributed by atoms with Crippen molar-refractivity contribution in [1.82, 2.24) is 0 Å². The maximum atomic E-state index is 13.3. The van der Waals surface area contributed by atoms with E-state index in [1.54, 1.807) is 19.1 Å². The highest BCUT2D eigenvalue weighted by atomic mass is 35.5. The number of rotatable bonds is 3. The molecule has 0 heterocycles. The largest absolute Gasteiger partial charge is 0.397 e. The van der Waals surface area contributed by atoms with Crippen LogP contribution in [0.2, 0.25) is 5.02 Å². The van der Waals surface area contributed by atoms with Crippen LogP contribution in [-0.4, -0.2) is 8.42 Å². The Labute approximate surface area is 122 Å². The first-order valence-corrected chi connectivity index (χ1v) is 7.86. The van der Waals surface area contributed by atoms with Gasteiger partial charge in [0, 0.05) is 0 Å². The zero-order valence-electron chi connectivity index (χ0n) is 10.7. The normalized spacial score (nSPS) is 11.6. The number of nitrogen functional groups attached to an aromatic ring is 1. The molecule has 2 N–H and O–H groups in total. The van der Waals surface area contributed by atoms with Gasteiger partial charge < -0.3 is 5.73 Å². The summed E-state index contributed by atoms with van der Waals surface area (Å²) in [7, 11) is -3.68. The van der Waals surface area contributed by atoms with Crippen LogP contribution in [0.15, 0.2) is 41.3 Å². The maximum Gasteiger partial charge on any atom is 0.184 e. The maximum absolute atomic E-state index is 13.3. The highest BCUT2D eigenvalue weighted by Gasteiger charge is 2.21. The Morgan fingerprint density at radius 1 is 1.20 bits per heavy atom. The second-order valence-electron chi connectivity index (χ2n) is 4.46. The van der Waals surface area contributed by atoms with E-state index in [0.717, 1.165) is 0 Å². The van der Waals surface area contributed by atoms with Crippen molar-refractivity contribution >= 4 is 27.1 Å². The zero-order valence-corrected chi connectivity index (χ0v) is 12.3. The fourth-order valence-corrected chi connectivity index (χ4v) is 3.73. The SMILES string of the molecule is Cc1cccc(S(=O)(=O)Cc2cccc(F)c2Cl)c1N. The second kappa shape index (κ2) is 5.42. The lowest BCUT2D eigenvalue weighted by atomic mass is 10.2. The lowest BCUT2D eigenvalue weighted by molar-refractivity contribution is 0.595. The van der Waals surface area contributed by atoms with Crippen LogP contribution in [0.3, 0.4) is 0 Å². The molecule has 0 radical (unpaired) electrons. The van der Waals surface area contributed by atoms with Crippen LogP contribution < -0.4 is 5.73 Å². The van der Waals surface area contributed by atoms with E-state index in [2.05, 4.69) is 0 Å². The molecule has 0 aliphatic heterocycles. The number of sulfone groups is 1. The number of aryl methyl sites for hydroxylation is 1. The molecule has 0 saturated heterocycles. The molecule has 106 valence electrons. The number of halogens is 2. The van der Waals surface area contributed by atoms with Gasteiger partial charge in [-0.2, -0.15) is 0 Å². The fourth-order valence-electron chi connectivity index (χ4n) is 1.87. The number of nitrogens with two attached hydrogens (primary N) is 1. The molecule has 0 bridgehead atoms. The molecule has 0 aliphatic carbocycles. The summed E-state index contributed by atoms with van der Waals surface area (Å²) in [5.41, 5.74) is 6.91. The summed E-state index contributed by atoms with van der Waals surface area (Å²) < 4.78 is 38.1. The molecule has 6 heteroatoms. The minimum atomic E-state index is -3.68. The number of hydrogen-bond acceptors (Lipinski definition) is 3. The van der Waals surface area contributed by atoms with Gasteiger partial charge in [0.1, 0.15) is 5.82 Å². The molecule has 20 heavy (non-hydrogen) atoms. The van der Waals surface area contributed by atoms with Gasteiger partial charge in [-0.25, -0.2) is 12.8 Å². The van der Waals surface area contributed by atoms with Gasteiger partial charge in [-0.3, -0.25) is 0 Å². The summed E-state index contributed by atoms with van der Waals surface area (Å²) in [5.74, 6) is -1.03. The van der Waals surface area contributed by atoms with Crippen LogP contribution in [0.4, 0.5) is 10.1 Å². The van der Waals surface area contributed by atoms with Gasteiger partial charge in [-0.05, 0) is 30.2 Å². The molecule has 0 amide bonds. The van der Waals surface area contributed by atoms with Crippen molar-refractivity contribution in [1.29, 1.82) is 0 Å². The van der Waals surface area contributed by atoms with Crippen molar-refractivity contribution in [3.8, 4) is 0 Å². The Morgan fingerprint density at radius 3 is 2.55 bits per heavy atom. The molecule has 3 nitrogen and oxygen atoms in total. The number of benzene rings is 2. The average molecular weight is 314 g/mol. The first-order chi connectivity index (χ1) is 9.33. The summed E-state index contributed by atoms with van der Waals surface area (Å²) in [6.45, 7) is 1.73. The molecule has 0 fully saturated rings. The van der Waals surface area contributed by atoms with Gasteiger partial charge in [0.25, 0.3) is 0 Å². The van der Waals surface area contributed by atoms with Gasteiger partial charge in [0.2, 0.25) is 0 Å². The minimum Gasteiger partial charge on any atom is -0.397 e. The van der Waals surface area contributed by atoms with Crippen molar-refractivity contribution in [2.45, 2.75) is 17.6 Å². The van der Waals surface area contributed by atoms with Crippen LogP contribution in [0.25, 0.3) is 0 Å². The van der Waals surface area contributed by atoms with Crippen LogP contribution >= 0.6 is 11.6 Å². The van der Waals surface area contributed by atoms with E-state index >= 15 is 0 Å². The van der Waals surface area contributed by atoms with Crippen molar-refractivity contribution in [3.63, 3.8) is 0 Å². The molecule has 2 rings (SSSR count). The lowest BCUT2D eigenvalue weighted by Crippen LogP contribution is -2.09. The smallest absolute Gasteiger partial charge is 0.184 e. The van der Waals surface area contributed by atoms with Crippen molar-refractivity contribution in [3.05, 3.63) is 58.4 Å². The Balaban J connectivity index is 2.47. The predicted octanol–water partition coefficient (Wildman–Crippen LogP) is 3.34. The van der Waals surface area contributed by atoms with E-state index in [9.17, 15) is 12.8 Å². The Bertz CT molecular complexity index is 760. The zero-order chi connectivity index (χ0) is 14.9. The third-order valence-electron chi connectivity index (χ3n) is 3.00. The topological polar surface area (TPSA) is 60.2 Å². The Morgan fingerprint density at radius 2 is 1.85 bits per heavy atom. The van der Waals surface area contributed by atoms with Crippen LogP contribution in [0.1, 0.15) is 11.1 Å². The Kier molecular flexibility index (Phi) is 4.01. The summed E-state index contributed by atoms with van der Waals surface area (Å²) in [6.07, 6.45) is 0. The van der Waals surface area contributed by atoms with E-state index in [1.165, 1.54) is 24.3 Å². The first kappa shape index (κ1) is 14.8. The number of anilines is 1. The molecule has 0 aromatic heterocycles. The van der Waals surface area contributed by atoms with E-state index in [0.29, 0.717) is 5.56 Å². The highest BCUT2D eigenvalue weighted by Crippen LogP contribution is 2.28. The standard InChI is InChI=1S/C14H13ClFNO2S/c1-9-4-2-7-12(14(9)17)20(18,19)8-10-5-3-6-11(16)13(10)15/h2-7H,8,17H2,1H3. The number of para-hydroxylation sites is 1. The van der Waals surface area contributed by atoms with Gasteiger partial charge in [0.15, 0.2) is 9.84 Å². The molecular formula is C14H13ClFNO2S. The van der Waals surface area contributed by atoms with E-state index < -0.39 is 21.4 Å². The first-order valence-electron chi connectivity index (χ1n) is 5.83. The van der Waals surface area contributed by atoms with Gasteiger partial charge >= 0.3 is 0 Å². The van der Waals surface area contributed by atoms with Crippen LogP contribution in [0, 0.1) is 12.7 Å². The lowest BCUT2D eigenvalue weighted by Gasteiger charge is -2.10. The van der Waals surface area contributed by atoms with E-state index in [4.69, 9.17) is 17.3 Å². The molecule has 0 atom stereocenters. The third kappa shape index (κ3) is 2.78. The van der Waals surface area contributed by atoms with Gasteiger partial charge in [-0.1, -0.05) is 35.9 Å². The number of hydrogen-bond donors (Lipinski definition) is 1. The van der Waals surface area contributed by atoms with E-state index in [-0.39, 0.29) is 21.2 Å². The van der Waals surface area contributed by atoms with Gasteiger partial charge in [0.05, 0.1) is 21.4 Å². The molecule has 0 spiro atoms. The van der Waals surface area contributed by atoms with E-state index in [1.807, 2.05) is 0 Å². The van der Waals surface area contributed by atoms with Crippen LogP contribution in [0.5, 0.6) is 0 Å². The van der Waals surface area contributed by atoms with Crippen LogP contribution in [-0.2, 0) is 15.6 Å². The highest BCUT2D eigenvalue weighted by molar-refractivity contribution is 7.90. The van der Waals surface area contributed by atoms with Crippen molar-refractivity contribution in [2.24, 2.45) is 0 Å². The molecule has 0 saturated carbocycles. The monoisotopic (exact) mass is 313 g/mol. The minimum absolute atomic E-state index is 0.0397. The Hall–Kier alpha value is -1.59. The molecule has 0 unspecified atom stereocenters. The van der Waals surface area contributed by atoms with Crippen molar-refractivity contribution < 1.29 is 12.8 Å². The molecular weight excluding hydrogens is 301 g/mol. The summed E-state index contributed by atoms with van der Waals surface area (Å²) in [5, 5.41) is -0.178. The average Bonchev–Trinajstić information content (AvgIpc) is 2.38. The second-order valence-corrected chi connectivity index (χ2v) is 6.79. The van der Waals surface area contributed by atoms with Crippen molar-refractivity contribution in [2.75, 3.05) is 5.73 Å². The predicted molar refractivity (Wildman–Crippen MR) is 77.9 cm³/mol. The quantitative estimate of drug-likeness (QED) is 0.884. The molecule has 0 aliphatic rings. The summed E-state index contributed by atoms with van der Waals surface area (Å²) in [6, 6.07) is 8.86. The molecule has 2 aromatic rings. The third-order valence-corrected chi connectivity index (χ3v) is 5.14. The fraction of sp³-hybridized carbons (Fsp3) is 0.143. The molecule has 2 aromatic carbocycles. The summed E-state index contributed by atoms with van der Waals surface area (Å²) in [4.78, 5) is 0.0397. The van der Waals surface area contributed by atoms with Gasteiger partial charge in [-0.15, -0.1) is 0 Å². The summed E-state index contributed by atoms with van der Waals surface area (Å²) >= 11 is 5.79.